The first kappa shape index (κ1) is 23.2. The number of allylic oxidation sites excluding steroid dienone is 3. The summed E-state index contributed by atoms with van der Waals surface area (Å²) in [5.41, 5.74) is 6.69. The van der Waals surface area contributed by atoms with E-state index in [4.69, 9.17) is 4.74 Å². The second kappa shape index (κ2) is 8.41. The number of dihydropyridines is 1. The molecule has 5 heteroatoms. The van der Waals surface area contributed by atoms with E-state index in [1.54, 1.807) is 24.3 Å². The van der Waals surface area contributed by atoms with Crippen molar-refractivity contribution >= 4 is 23.2 Å². The smallest absolute Gasteiger partial charge is 0.343 e. The van der Waals surface area contributed by atoms with Crippen LogP contribution in [0.5, 0.6) is 5.75 Å². The molecule has 1 heterocycles. The molecule has 1 aliphatic heterocycles. The molecule has 1 unspecified atom stereocenters. The molecule has 0 saturated heterocycles. The van der Waals surface area contributed by atoms with Gasteiger partial charge in [-0.25, -0.2) is 4.79 Å². The minimum Gasteiger partial charge on any atom is -0.423 e. The monoisotopic (exact) mass is 489 g/mol. The van der Waals surface area contributed by atoms with Crippen LogP contribution in [0.25, 0.3) is 5.70 Å². The van der Waals surface area contributed by atoms with Gasteiger partial charge in [0.15, 0.2) is 11.6 Å². The fraction of sp³-hybridized carbons (Fsp3) is 0.219. The summed E-state index contributed by atoms with van der Waals surface area (Å²) in [6.07, 6.45) is 1.16. The van der Waals surface area contributed by atoms with Gasteiger partial charge in [-0.05, 0) is 48.6 Å². The van der Waals surface area contributed by atoms with Gasteiger partial charge in [0.05, 0.1) is 11.3 Å². The summed E-state index contributed by atoms with van der Waals surface area (Å²) in [7, 11) is 0. The number of ketones is 2. The molecule has 3 aromatic rings. The molecule has 3 aromatic carbocycles. The molecular weight excluding hydrogens is 462 g/mol. The Balaban J connectivity index is 1.39. The Hall–Kier alpha value is -4.25. The quantitative estimate of drug-likeness (QED) is 0.353. The third-order valence-electron chi connectivity index (χ3n) is 7.44. The van der Waals surface area contributed by atoms with E-state index in [0.717, 1.165) is 34.5 Å². The molecule has 0 saturated carbocycles. The van der Waals surface area contributed by atoms with Gasteiger partial charge in [-0.1, -0.05) is 67.9 Å². The molecule has 6 rings (SSSR count). The van der Waals surface area contributed by atoms with Gasteiger partial charge in [0, 0.05) is 40.3 Å². The van der Waals surface area contributed by atoms with Crippen molar-refractivity contribution in [2.24, 2.45) is 5.41 Å². The number of ether oxygens (including phenoxy) is 1. The molecule has 0 bridgehead atoms. The maximum Gasteiger partial charge on any atom is 0.343 e. The van der Waals surface area contributed by atoms with Crippen LogP contribution in [0.4, 0.5) is 0 Å². The first-order chi connectivity index (χ1) is 17.7. The molecule has 0 amide bonds. The van der Waals surface area contributed by atoms with Crippen LogP contribution in [0, 0.1) is 12.3 Å². The minimum absolute atomic E-state index is 0.0536. The number of nitrogens with one attached hydrogen (secondary N) is 1. The van der Waals surface area contributed by atoms with Gasteiger partial charge < -0.3 is 10.1 Å². The maximum atomic E-state index is 13.6. The van der Waals surface area contributed by atoms with E-state index >= 15 is 0 Å². The molecule has 0 spiro atoms. The zero-order valence-electron chi connectivity index (χ0n) is 21.1. The lowest BCUT2D eigenvalue weighted by atomic mass is 9.68. The maximum absolute atomic E-state index is 13.6. The van der Waals surface area contributed by atoms with Crippen molar-refractivity contribution in [3.63, 3.8) is 0 Å². The van der Waals surface area contributed by atoms with Crippen molar-refractivity contribution in [2.75, 3.05) is 0 Å². The highest BCUT2D eigenvalue weighted by atomic mass is 16.5. The molecule has 0 radical (unpaired) electrons. The Morgan fingerprint density at radius 2 is 1.54 bits per heavy atom. The lowest BCUT2D eigenvalue weighted by Crippen LogP contribution is -2.37. The lowest BCUT2D eigenvalue weighted by Gasteiger charge is -2.39. The first-order valence-corrected chi connectivity index (χ1v) is 12.5. The Labute approximate surface area is 215 Å². The Kier molecular flexibility index (Phi) is 5.27. The number of Topliss-reactive ketones (excluding diaryl/α,β-unsaturated/α-hetero) is 2. The van der Waals surface area contributed by atoms with Gasteiger partial charge in [-0.15, -0.1) is 0 Å². The third-order valence-corrected chi connectivity index (χ3v) is 7.44. The van der Waals surface area contributed by atoms with E-state index in [2.05, 4.69) is 19.2 Å². The SMILES string of the molecule is Cc1ccc(C(=O)Oc2ccc(C3C4=C(CC(C)(C)CC4=O)NC4=C3C(=O)c3ccccc34)cc2)cc1. The van der Waals surface area contributed by atoms with Crippen molar-refractivity contribution in [3.8, 4) is 5.75 Å². The fourth-order valence-electron chi connectivity index (χ4n) is 5.71. The third kappa shape index (κ3) is 3.91. The average Bonchev–Trinajstić information content (AvgIpc) is 3.15. The van der Waals surface area contributed by atoms with Crippen molar-refractivity contribution < 1.29 is 19.1 Å². The largest absolute Gasteiger partial charge is 0.423 e. The van der Waals surface area contributed by atoms with E-state index in [0.29, 0.717) is 34.4 Å². The molecule has 3 aliphatic rings. The topological polar surface area (TPSA) is 72.5 Å². The molecule has 0 aromatic heterocycles. The highest BCUT2D eigenvalue weighted by molar-refractivity contribution is 6.23. The van der Waals surface area contributed by atoms with Crippen LogP contribution in [0.3, 0.4) is 0 Å². The number of rotatable bonds is 3. The second-order valence-corrected chi connectivity index (χ2v) is 10.9. The van der Waals surface area contributed by atoms with E-state index in [1.807, 2.05) is 55.5 Å². The summed E-state index contributed by atoms with van der Waals surface area (Å²) >= 11 is 0. The normalized spacial score (nSPS) is 19.7. The standard InChI is InChI=1S/C32H27NO4/c1-18-8-10-20(11-9-18)31(36)37-21-14-12-19(13-15-21)26-27-24(16-32(2,3)17-25(27)34)33-29-22-6-4-5-7-23(22)30(35)28(26)29/h4-15,26,33H,16-17H2,1-3H3. The van der Waals surface area contributed by atoms with Gasteiger partial charge in [-0.2, -0.15) is 0 Å². The Bertz CT molecular complexity index is 1540. The van der Waals surface area contributed by atoms with Gasteiger partial charge in [0.25, 0.3) is 0 Å². The number of carbonyl (C=O) groups is 3. The number of aryl methyl sites for hydroxylation is 1. The summed E-state index contributed by atoms with van der Waals surface area (Å²) < 4.78 is 5.59. The molecule has 1 atom stereocenters. The molecule has 1 N–H and O–H groups in total. The summed E-state index contributed by atoms with van der Waals surface area (Å²) in [5, 5.41) is 3.50. The fourth-order valence-corrected chi connectivity index (χ4v) is 5.71. The van der Waals surface area contributed by atoms with E-state index < -0.39 is 11.9 Å². The number of hydrogen-bond donors (Lipinski definition) is 1. The van der Waals surface area contributed by atoms with Crippen molar-refractivity contribution in [1.82, 2.24) is 5.32 Å². The molecule has 37 heavy (non-hydrogen) atoms. The van der Waals surface area contributed by atoms with Crippen LogP contribution in [0.2, 0.25) is 0 Å². The van der Waals surface area contributed by atoms with Gasteiger partial charge in [0.1, 0.15) is 5.75 Å². The summed E-state index contributed by atoms with van der Waals surface area (Å²) in [6, 6.07) is 22.0. The molecule has 184 valence electrons. The van der Waals surface area contributed by atoms with Crippen LogP contribution in [-0.2, 0) is 4.79 Å². The van der Waals surface area contributed by atoms with Gasteiger partial charge >= 0.3 is 5.97 Å². The zero-order valence-corrected chi connectivity index (χ0v) is 21.1. The van der Waals surface area contributed by atoms with E-state index in [-0.39, 0.29) is 17.0 Å². The van der Waals surface area contributed by atoms with E-state index in [9.17, 15) is 14.4 Å². The zero-order chi connectivity index (χ0) is 25.9. The van der Waals surface area contributed by atoms with Crippen molar-refractivity contribution in [1.29, 1.82) is 0 Å². The number of benzene rings is 3. The van der Waals surface area contributed by atoms with E-state index in [1.165, 1.54) is 0 Å². The van der Waals surface area contributed by atoms with Crippen LogP contribution < -0.4 is 10.1 Å². The second-order valence-electron chi connectivity index (χ2n) is 10.9. The summed E-state index contributed by atoms with van der Waals surface area (Å²) in [6.45, 7) is 6.16. The molecule has 5 nitrogen and oxygen atoms in total. The first-order valence-electron chi connectivity index (χ1n) is 12.5. The Morgan fingerprint density at radius 3 is 2.24 bits per heavy atom. The van der Waals surface area contributed by atoms with Crippen LogP contribution >= 0.6 is 0 Å². The summed E-state index contributed by atoms with van der Waals surface area (Å²) in [4.78, 5) is 39.7. The highest BCUT2D eigenvalue weighted by Gasteiger charge is 2.46. The summed E-state index contributed by atoms with van der Waals surface area (Å²) in [5.74, 6) is -0.493. The van der Waals surface area contributed by atoms with Crippen LogP contribution in [0.15, 0.2) is 89.6 Å². The average molecular weight is 490 g/mol. The van der Waals surface area contributed by atoms with Crippen molar-refractivity contribution in [3.05, 3.63) is 117 Å². The van der Waals surface area contributed by atoms with Crippen LogP contribution in [-0.4, -0.2) is 17.5 Å². The highest BCUT2D eigenvalue weighted by Crippen LogP contribution is 2.51. The predicted octanol–water partition coefficient (Wildman–Crippen LogP) is 6.15. The Morgan fingerprint density at radius 1 is 0.865 bits per heavy atom. The molecular formula is C32H27NO4. The predicted molar refractivity (Wildman–Crippen MR) is 141 cm³/mol. The lowest BCUT2D eigenvalue weighted by molar-refractivity contribution is -0.118. The van der Waals surface area contributed by atoms with Gasteiger partial charge in [-0.3, -0.25) is 9.59 Å². The number of esters is 1. The molecule has 0 fully saturated rings. The van der Waals surface area contributed by atoms with Crippen molar-refractivity contribution in [2.45, 2.75) is 39.5 Å². The number of hydrogen-bond acceptors (Lipinski definition) is 5. The molecule has 2 aliphatic carbocycles. The van der Waals surface area contributed by atoms with Crippen LogP contribution in [0.1, 0.15) is 70.0 Å². The van der Waals surface area contributed by atoms with Gasteiger partial charge in [0.2, 0.25) is 0 Å². The number of fused-ring (bicyclic) bond motifs is 2. The number of carbonyl (C=O) groups excluding carboxylic acids is 3. The minimum atomic E-state index is -0.475.